The first-order chi connectivity index (χ1) is 9.72. The molecule has 1 aliphatic heterocycles. The van der Waals surface area contributed by atoms with E-state index in [-0.39, 0.29) is 5.91 Å². The lowest BCUT2D eigenvalue weighted by Crippen LogP contribution is -2.48. The molecule has 0 radical (unpaired) electrons. The average molecular weight is 308 g/mol. The second-order valence-corrected chi connectivity index (χ2v) is 6.07. The van der Waals surface area contributed by atoms with Crippen LogP contribution in [0.25, 0.3) is 10.6 Å². The van der Waals surface area contributed by atoms with Crippen LogP contribution in [0.4, 0.5) is 0 Å². The van der Waals surface area contributed by atoms with Crippen LogP contribution in [0.3, 0.4) is 0 Å². The lowest BCUT2D eigenvalue weighted by atomic mass is 10.0. The van der Waals surface area contributed by atoms with Crippen molar-refractivity contribution in [3.63, 3.8) is 0 Å². The fourth-order valence-electron chi connectivity index (χ4n) is 1.92. The molecule has 1 aromatic heterocycles. The van der Waals surface area contributed by atoms with Crippen molar-refractivity contribution in [2.24, 2.45) is 5.92 Å². The fraction of sp³-hybridized carbons (Fsp3) is 0.286. The van der Waals surface area contributed by atoms with Crippen LogP contribution in [0.1, 0.15) is 10.5 Å². The number of halogens is 1. The summed E-state index contributed by atoms with van der Waals surface area (Å²) in [6.45, 7) is 2.67. The summed E-state index contributed by atoms with van der Waals surface area (Å²) < 4.78 is 0. The van der Waals surface area contributed by atoms with Gasteiger partial charge < -0.3 is 10.6 Å². The summed E-state index contributed by atoms with van der Waals surface area (Å²) >= 11 is 7.32. The van der Waals surface area contributed by atoms with Crippen LogP contribution in [0.2, 0.25) is 5.02 Å². The van der Waals surface area contributed by atoms with Gasteiger partial charge in [0.2, 0.25) is 0 Å². The molecule has 0 aliphatic carbocycles. The first-order valence-electron chi connectivity index (χ1n) is 6.43. The molecule has 0 atom stereocenters. The van der Waals surface area contributed by atoms with Crippen LogP contribution in [0, 0.1) is 5.92 Å². The molecule has 3 rings (SSSR count). The molecule has 1 aromatic carbocycles. The van der Waals surface area contributed by atoms with E-state index in [0.29, 0.717) is 23.2 Å². The first kappa shape index (κ1) is 13.5. The van der Waals surface area contributed by atoms with Gasteiger partial charge in [0.1, 0.15) is 10.7 Å². The summed E-state index contributed by atoms with van der Waals surface area (Å²) in [6, 6.07) is 7.45. The maximum Gasteiger partial charge on any atom is 0.270 e. The molecule has 2 heterocycles. The van der Waals surface area contributed by atoms with Crippen molar-refractivity contribution in [3.05, 3.63) is 40.4 Å². The minimum Gasteiger partial charge on any atom is -0.350 e. The van der Waals surface area contributed by atoms with Crippen molar-refractivity contribution < 1.29 is 4.79 Å². The number of nitrogens with zero attached hydrogens (tertiary/aromatic N) is 1. The van der Waals surface area contributed by atoms with Crippen molar-refractivity contribution >= 4 is 28.8 Å². The molecule has 0 saturated carbocycles. The van der Waals surface area contributed by atoms with E-state index in [1.54, 1.807) is 5.38 Å². The van der Waals surface area contributed by atoms with E-state index in [1.807, 2.05) is 24.3 Å². The molecule has 6 heteroatoms. The normalized spacial score (nSPS) is 14.8. The van der Waals surface area contributed by atoms with Crippen molar-refractivity contribution in [2.75, 3.05) is 19.6 Å². The third-order valence-electron chi connectivity index (χ3n) is 3.25. The zero-order chi connectivity index (χ0) is 13.9. The minimum atomic E-state index is -0.103. The molecule has 1 fully saturated rings. The number of thiazole rings is 1. The number of rotatable bonds is 4. The van der Waals surface area contributed by atoms with Crippen LogP contribution < -0.4 is 10.6 Å². The Hall–Kier alpha value is -1.43. The number of amides is 1. The Morgan fingerprint density at radius 3 is 2.80 bits per heavy atom. The van der Waals surface area contributed by atoms with Gasteiger partial charge in [0.15, 0.2) is 0 Å². The smallest absolute Gasteiger partial charge is 0.270 e. The topological polar surface area (TPSA) is 54.0 Å². The quantitative estimate of drug-likeness (QED) is 0.912. The zero-order valence-corrected chi connectivity index (χ0v) is 12.3. The average Bonchev–Trinajstić information content (AvgIpc) is 2.87. The molecule has 4 nitrogen and oxygen atoms in total. The number of carbonyl (C=O) groups excluding carboxylic acids is 1. The number of hydrogen-bond acceptors (Lipinski definition) is 4. The molecular formula is C14H14ClN3OS. The summed E-state index contributed by atoms with van der Waals surface area (Å²) in [4.78, 5) is 16.4. The van der Waals surface area contributed by atoms with Crippen LogP contribution in [0.5, 0.6) is 0 Å². The largest absolute Gasteiger partial charge is 0.350 e. The Kier molecular flexibility index (Phi) is 4.00. The first-order valence-corrected chi connectivity index (χ1v) is 7.68. The van der Waals surface area contributed by atoms with Gasteiger partial charge >= 0.3 is 0 Å². The number of carbonyl (C=O) groups is 1. The van der Waals surface area contributed by atoms with Crippen LogP contribution in [0.15, 0.2) is 29.6 Å². The molecule has 1 amide bonds. The maximum atomic E-state index is 12.0. The molecule has 0 spiro atoms. The number of benzene rings is 1. The Morgan fingerprint density at radius 1 is 1.40 bits per heavy atom. The van der Waals surface area contributed by atoms with E-state index >= 15 is 0 Å². The van der Waals surface area contributed by atoms with Crippen molar-refractivity contribution in [2.45, 2.75) is 0 Å². The zero-order valence-electron chi connectivity index (χ0n) is 10.7. The van der Waals surface area contributed by atoms with Gasteiger partial charge in [-0.15, -0.1) is 11.3 Å². The Bertz CT molecular complexity index is 607. The van der Waals surface area contributed by atoms with E-state index < -0.39 is 0 Å². The number of nitrogens with one attached hydrogen (secondary N) is 2. The Morgan fingerprint density at radius 2 is 2.15 bits per heavy atom. The second kappa shape index (κ2) is 5.91. The maximum absolute atomic E-state index is 12.0. The molecule has 1 saturated heterocycles. The Balaban J connectivity index is 1.66. The van der Waals surface area contributed by atoms with Gasteiger partial charge in [-0.25, -0.2) is 4.98 Å². The summed E-state index contributed by atoms with van der Waals surface area (Å²) in [5.74, 6) is 0.446. The molecule has 0 bridgehead atoms. The van der Waals surface area contributed by atoms with Gasteiger partial charge in [0.25, 0.3) is 5.91 Å². The van der Waals surface area contributed by atoms with Gasteiger partial charge in [-0.2, -0.15) is 0 Å². The van der Waals surface area contributed by atoms with Crippen molar-refractivity contribution in [1.29, 1.82) is 0 Å². The summed E-state index contributed by atoms with van der Waals surface area (Å²) in [5.41, 5.74) is 1.45. The van der Waals surface area contributed by atoms with E-state index in [4.69, 9.17) is 11.6 Å². The number of hydrogen-bond donors (Lipinski definition) is 2. The molecule has 0 unspecified atom stereocenters. The van der Waals surface area contributed by atoms with Gasteiger partial charge in [-0.3, -0.25) is 4.79 Å². The summed E-state index contributed by atoms with van der Waals surface area (Å²) in [5, 5.41) is 9.41. The minimum absolute atomic E-state index is 0.103. The molecule has 1 aliphatic rings. The molecule has 2 aromatic rings. The van der Waals surface area contributed by atoms with E-state index in [2.05, 4.69) is 15.6 Å². The van der Waals surface area contributed by atoms with Crippen LogP contribution in [-0.2, 0) is 0 Å². The second-order valence-electron chi connectivity index (χ2n) is 4.78. The van der Waals surface area contributed by atoms with Crippen molar-refractivity contribution in [1.82, 2.24) is 15.6 Å². The monoisotopic (exact) mass is 307 g/mol. The van der Waals surface area contributed by atoms with Gasteiger partial charge in [0.05, 0.1) is 0 Å². The predicted molar refractivity (Wildman–Crippen MR) is 81.3 cm³/mol. The molecular weight excluding hydrogens is 294 g/mol. The van der Waals surface area contributed by atoms with Crippen LogP contribution in [-0.4, -0.2) is 30.5 Å². The SMILES string of the molecule is O=C(NCC1CNC1)c1csc(-c2ccc(Cl)cc2)n1. The molecule has 2 N–H and O–H groups in total. The highest BCUT2D eigenvalue weighted by Gasteiger charge is 2.18. The lowest BCUT2D eigenvalue weighted by molar-refractivity contribution is 0.0938. The molecule has 104 valence electrons. The third kappa shape index (κ3) is 3.00. The number of aromatic nitrogens is 1. The van der Waals surface area contributed by atoms with Gasteiger partial charge in [0, 0.05) is 41.5 Å². The highest BCUT2D eigenvalue weighted by molar-refractivity contribution is 7.13. The van der Waals surface area contributed by atoms with Crippen molar-refractivity contribution in [3.8, 4) is 10.6 Å². The molecule has 20 heavy (non-hydrogen) atoms. The highest BCUT2D eigenvalue weighted by atomic mass is 35.5. The third-order valence-corrected chi connectivity index (χ3v) is 4.39. The summed E-state index contributed by atoms with van der Waals surface area (Å²) in [6.07, 6.45) is 0. The Labute approximate surface area is 126 Å². The van der Waals surface area contributed by atoms with Gasteiger partial charge in [-0.05, 0) is 12.1 Å². The fourth-order valence-corrected chi connectivity index (χ4v) is 2.86. The standard InChI is InChI=1S/C14H14ClN3OS/c15-11-3-1-10(2-4-11)14-18-12(8-20-14)13(19)17-7-9-5-16-6-9/h1-4,8-9,16H,5-7H2,(H,17,19). The highest BCUT2D eigenvalue weighted by Crippen LogP contribution is 2.25. The van der Waals surface area contributed by atoms with Crippen LogP contribution >= 0.6 is 22.9 Å². The lowest BCUT2D eigenvalue weighted by Gasteiger charge is -2.26. The van der Waals surface area contributed by atoms with E-state index in [9.17, 15) is 4.79 Å². The van der Waals surface area contributed by atoms with E-state index in [1.165, 1.54) is 11.3 Å². The van der Waals surface area contributed by atoms with Gasteiger partial charge in [-0.1, -0.05) is 23.7 Å². The predicted octanol–water partition coefficient (Wildman–Crippen LogP) is 2.41. The van der Waals surface area contributed by atoms with E-state index in [0.717, 1.165) is 23.7 Å². The summed E-state index contributed by atoms with van der Waals surface area (Å²) in [7, 11) is 0.